The first kappa shape index (κ1) is 21.3. The molecular formula is C27H34O2. The largest absolute Gasteiger partial charge is 0.494 e. The van der Waals surface area contributed by atoms with Crippen LogP contribution in [0.25, 0.3) is 0 Å². The SMILES string of the molecule is CCCOc1ccc(C#Cc2ccc(OCC3CCC(CCC)CC3)cc2)cc1. The fraction of sp³-hybridized carbons (Fsp3) is 0.481. The predicted octanol–water partition coefficient (Wildman–Crippen LogP) is 6.86. The van der Waals surface area contributed by atoms with Crippen LogP contribution in [0.15, 0.2) is 48.5 Å². The van der Waals surface area contributed by atoms with Crippen LogP contribution in [0.3, 0.4) is 0 Å². The molecular weight excluding hydrogens is 356 g/mol. The lowest BCUT2D eigenvalue weighted by Crippen LogP contribution is -2.20. The van der Waals surface area contributed by atoms with Crippen molar-refractivity contribution in [2.24, 2.45) is 11.8 Å². The van der Waals surface area contributed by atoms with E-state index in [-0.39, 0.29) is 0 Å². The maximum atomic E-state index is 6.04. The fourth-order valence-electron chi connectivity index (χ4n) is 3.94. The number of hydrogen-bond donors (Lipinski definition) is 0. The van der Waals surface area contributed by atoms with E-state index in [1.807, 2.05) is 48.5 Å². The lowest BCUT2D eigenvalue weighted by atomic mass is 9.80. The highest BCUT2D eigenvalue weighted by molar-refractivity contribution is 5.45. The van der Waals surface area contributed by atoms with Gasteiger partial charge < -0.3 is 9.47 Å². The monoisotopic (exact) mass is 390 g/mol. The first-order valence-electron chi connectivity index (χ1n) is 11.2. The average Bonchev–Trinajstić information content (AvgIpc) is 2.77. The first-order valence-corrected chi connectivity index (χ1v) is 11.2. The summed E-state index contributed by atoms with van der Waals surface area (Å²) in [7, 11) is 0. The van der Waals surface area contributed by atoms with E-state index in [1.54, 1.807) is 0 Å². The molecule has 0 N–H and O–H groups in total. The molecule has 0 unspecified atom stereocenters. The normalized spacial score (nSPS) is 18.6. The second kappa shape index (κ2) is 11.6. The van der Waals surface area contributed by atoms with Crippen LogP contribution in [0.2, 0.25) is 0 Å². The van der Waals surface area contributed by atoms with Crippen molar-refractivity contribution < 1.29 is 9.47 Å². The van der Waals surface area contributed by atoms with Crippen LogP contribution >= 0.6 is 0 Å². The van der Waals surface area contributed by atoms with Crippen molar-refractivity contribution in [1.29, 1.82) is 0 Å². The molecule has 0 amide bonds. The van der Waals surface area contributed by atoms with Gasteiger partial charge in [0, 0.05) is 11.1 Å². The average molecular weight is 391 g/mol. The molecule has 154 valence electrons. The third kappa shape index (κ3) is 7.17. The summed E-state index contributed by atoms with van der Waals surface area (Å²) < 4.78 is 11.6. The summed E-state index contributed by atoms with van der Waals surface area (Å²) in [5.74, 6) is 9.96. The van der Waals surface area contributed by atoms with Gasteiger partial charge in [0.25, 0.3) is 0 Å². The van der Waals surface area contributed by atoms with Gasteiger partial charge in [-0.25, -0.2) is 0 Å². The van der Waals surface area contributed by atoms with Crippen molar-refractivity contribution in [1.82, 2.24) is 0 Å². The van der Waals surface area contributed by atoms with E-state index in [0.717, 1.165) is 48.2 Å². The van der Waals surface area contributed by atoms with E-state index >= 15 is 0 Å². The summed E-state index contributed by atoms with van der Waals surface area (Å²) in [6, 6.07) is 16.1. The van der Waals surface area contributed by atoms with Crippen LogP contribution < -0.4 is 9.47 Å². The first-order chi connectivity index (χ1) is 14.3. The fourth-order valence-corrected chi connectivity index (χ4v) is 3.94. The Kier molecular flexibility index (Phi) is 8.50. The van der Waals surface area contributed by atoms with Crippen LogP contribution in [0, 0.1) is 23.7 Å². The van der Waals surface area contributed by atoms with Crippen molar-refractivity contribution in [2.45, 2.75) is 58.8 Å². The predicted molar refractivity (Wildman–Crippen MR) is 121 cm³/mol. The summed E-state index contributed by atoms with van der Waals surface area (Å²) in [4.78, 5) is 0. The molecule has 0 aromatic heterocycles. The van der Waals surface area contributed by atoms with Gasteiger partial charge in [-0.1, -0.05) is 51.4 Å². The minimum atomic E-state index is 0.715. The highest BCUT2D eigenvalue weighted by Crippen LogP contribution is 2.31. The number of rotatable bonds is 8. The molecule has 0 atom stereocenters. The van der Waals surface area contributed by atoms with Crippen LogP contribution in [-0.4, -0.2) is 13.2 Å². The van der Waals surface area contributed by atoms with E-state index in [9.17, 15) is 0 Å². The van der Waals surface area contributed by atoms with Gasteiger partial charge in [-0.15, -0.1) is 0 Å². The van der Waals surface area contributed by atoms with Crippen LogP contribution in [0.4, 0.5) is 0 Å². The Balaban J connectivity index is 1.45. The van der Waals surface area contributed by atoms with E-state index in [2.05, 4.69) is 25.7 Å². The molecule has 3 rings (SSSR count). The van der Waals surface area contributed by atoms with Gasteiger partial charge in [0.05, 0.1) is 13.2 Å². The zero-order chi connectivity index (χ0) is 20.3. The topological polar surface area (TPSA) is 18.5 Å². The van der Waals surface area contributed by atoms with E-state index in [4.69, 9.17) is 9.47 Å². The van der Waals surface area contributed by atoms with Crippen LogP contribution in [-0.2, 0) is 0 Å². The molecule has 2 nitrogen and oxygen atoms in total. The molecule has 29 heavy (non-hydrogen) atoms. The zero-order valence-corrected chi connectivity index (χ0v) is 18.0. The van der Waals surface area contributed by atoms with Crippen molar-refractivity contribution >= 4 is 0 Å². The van der Waals surface area contributed by atoms with E-state index in [0.29, 0.717) is 5.92 Å². The summed E-state index contributed by atoms with van der Waals surface area (Å²) >= 11 is 0. The second-order valence-corrected chi connectivity index (χ2v) is 8.13. The third-order valence-corrected chi connectivity index (χ3v) is 5.68. The molecule has 0 heterocycles. The standard InChI is InChI=1S/C27H34O2/c1-3-5-22-8-10-25(11-9-22)21-29-27-18-14-24(15-19-27)7-6-23-12-16-26(17-13-23)28-20-4-2/h12-19,22,25H,3-5,8-11,20-21H2,1-2H3. The van der Waals surface area contributed by atoms with Crippen molar-refractivity contribution in [3.8, 4) is 23.3 Å². The van der Waals surface area contributed by atoms with Gasteiger partial charge in [0.2, 0.25) is 0 Å². The lowest BCUT2D eigenvalue weighted by molar-refractivity contribution is 0.178. The smallest absolute Gasteiger partial charge is 0.119 e. The minimum absolute atomic E-state index is 0.715. The molecule has 1 aliphatic carbocycles. The van der Waals surface area contributed by atoms with Gasteiger partial charge in [-0.3, -0.25) is 0 Å². The number of ether oxygens (including phenoxy) is 2. The lowest BCUT2D eigenvalue weighted by Gasteiger charge is -2.28. The Morgan fingerprint density at radius 1 is 0.690 bits per heavy atom. The summed E-state index contributed by atoms with van der Waals surface area (Å²) in [5, 5.41) is 0. The highest BCUT2D eigenvalue weighted by Gasteiger charge is 2.20. The van der Waals surface area contributed by atoms with Gasteiger partial charge >= 0.3 is 0 Å². The quantitative estimate of drug-likeness (QED) is 0.458. The van der Waals surface area contributed by atoms with E-state index in [1.165, 1.54) is 38.5 Å². The zero-order valence-electron chi connectivity index (χ0n) is 18.0. The minimum Gasteiger partial charge on any atom is -0.494 e. The molecule has 0 spiro atoms. The molecule has 0 bridgehead atoms. The molecule has 0 aliphatic heterocycles. The van der Waals surface area contributed by atoms with Crippen molar-refractivity contribution in [2.75, 3.05) is 13.2 Å². The van der Waals surface area contributed by atoms with Gasteiger partial charge in [-0.2, -0.15) is 0 Å². The van der Waals surface area contributed by atoms with Crippen LogP contribution in [0.5, 0.6) is 11.5 Å². The maximum absolute atomic E-state index is 6.04. The van der Waals surface area contributed by atoms with Crippen molar-refractivity contribution in [3.05, 3.63) is 59.7 Å². The molecule has 1 saturated carbocycles. The van der Waals surface area contributed by atoms with Gasteiger partial charge in [-0.05, 0) is 79.6 Å². The third-order valence-electron chi connectivity index (χ3n) is 5.68. The molecule has 2 aromatic rings. The van der Waals surface area contributed by atoms with Crippen LogP contribution in [0.1, 0.15) is 69.9 Å². The molecule has 2 aromatic carbocycles. The highest BCUT2D eigenvalue weighted by atomic mass is 16.5. The maximum Gasteiger partial charge on any atom is 0.119 e. The molecule has 0 saturated heterocycles. The Bertz CT molecular complexity index is 772. The Hall–Kier alpha value is -2.40. The van der Waals surface area contributed by atoms with Crippen molar-refractivity contribution in [3.63, 3.8) is 0 Å². The summed E-state index contributed by atoms with van der Waals surface area (Å²) in [6.07, 6.45) is 9.12. The number of benzene rings is 2. The summed E-state index contributed by atoms with van der Waals surface area (Å²) in [6.45, 7) is 5.99. The number of hydrogen-bond acceptors (Lipinski definition) is 2. The van der Waals surface area contributed by atoms with Gasteiger partial charge in [0.15, 0.2) is 0 Å². The second-order valence-electron chi connectivity index (χ2n) is 8.13. The Morgan fingerprint density at radius 3 is 1.72 bits per heavy atom. The van der Waals surface area contributed by atoms with Gasteiger partial charge in [0.1, 0.15) is 11.5 Å². The Labute approximate surface area is 176 Å². The molecule has 2 heteroatoms. The summed E-state index contributed by atoms with van der Waals surface area (Å²) in [5.41, 5.74) is 2.00. The Morgan fingerprint density at radius 2 is 1.21 bits per heavy atom. The van der Waals surface area contributed by atoms with E-state index < -0.39 is 0 Å². The molecule has 1 aliphatic rings. The molecule has 1 fully saturated rings. The molecule has 0 radical (unpaired) electrons.